The summed E-state index contributed by atoms with van der Waals surface area (Å²) in [5.74, 6) is 2.01. The lowest BCUT2D eigenvalue weighted by atomic mass is 10.1. The van der Waals surface area contributed by atoms with Crippen LogP contribution in [0.25, 0.3) is 0 Å². The summed E-state index contributed by atoms with van der Waals surface area (Å²) in [6.45, 7) is 4.08. The van der Waals surface area contributed by atoms with Crippen LogP contribution in [0.2, 0.25) is 0 Å². The Morgan fingerprint density at radius 1 is 1.28 bits per heavy atom. The Morgan fingerprint density at radius 2 is 1.94 bits per heavy atom. The number of rotatable bonds is 6. The van der Waals surface area contributed by atoms with Crippen molar-refractivity contribution in [3.8, 4) is 0 Å². The van der Waals surface area contributed by atoms with Crippen LogP contribution in [-0.4, -0.2) is 11.0 Å². The molecule has 1 rings (SSSR count). The van der Waals surface area contributed by atoms with Gasteiger partial charge in [-0.15, -0.1) is 0 Å². The summed E-state index contributed by atoms with van der Waals surface area (Å²) in [4.78, 5) is 0. The minimum atomic E-state index is -1.46. The minimum Gasteiger partial charge on any atom is -0.271 e. The molecule has 0 saturated heterocycles. The molecule has 0 aliphatic rings. The Bertz CT molecular complexity index is 401. The Labute approximate surface area is 109 Å². The molecule has 0 bridgehead atoms. The highest BCUT2D eigenvalue weighted by Gasteiger charge is 2.20. The molecule has 102 valence electrons. The summed E-state index contributed by atoms with van der Waals surface area (Å²) >= 11 is 1.60. The third-order valence-corrected chi connectivity index (χ3v) is 4.19. The Morgan fingerprint density at radius 3 is 2.50 bits per heavy atom. The quantitative estimate of drug-likeness (QED) is 0.477. The van der Waals surface area contributed by atoms with Crippen molar-refractivity contribution in [1.29, 1.82) is 0 Å². The van der Waals surface area contributed by atoms with E-state index >= 15 is 0 Å². The zero-order chi connectivity index (χ0) is 13.7. The molecular formula is C12H17F3N2S. The summed E-state index contributed by atoms with van der Waals surface area (Å²) in [5, 5.41) is 0.397. The fourth-order valence-electron chi connectivity index (χ4n) is 1.42. The van der Waals surface area contributed by atoms with Crippen LogP contribution in [0.5, 0.6) is 0 Å². The zero-order valence-corrected chi connectivity index (χ0v) is 11.2. The van der Waals surface area contributed by atoms with E-state index in [-0.39, 0.29) is 5.56 Å². The highest BCUT2D eigenvalue weighted by Crippen LogP contribution is 2.26. The van der Waals surface area contributed by atoms with Crippen molar-refractivity contribution in [2.45, 2.75) is 31.6 Å². The molecule has 18 heavy (non-hydrogen) atoms. The van der Waals surface area contributed by atoms with Gasteiger partial charge in [0, 0.05) is 16.6 Å². The first kappa shape index (κ1) is 15.3. The van der Waals surface area contributed by atoms with Gasteiger partial charge >= 0.3 is 0 Å². The smallest absolute Gasteiger partial charge is 0.194 e. The van der Waals surface area contributed by atoms with Crippen LogP contribution >= 0.6 is 11.8 Å². The Hall–Kier alpha value is -0.720. The van der Waals surface area contributed by atoms with Crippen molar-refractivity contribution in [3.05, 3.63) is 35.1 Å². The van der Waals surface area contributed by atoms with E-state index < -0.39 is 23.5 Å². The topological polar surface area (TPSA) is 38.0 Å². The highest BCUT2D eigenvalue weighted by molar-refractivity contribution is 7.99. The molecule has 6 heteroatoms. The van der Waals surface area contributed by atoms with Gasteiger partial charge in [0.2, 0.25) is 0 Å². The van der Waals surface area contributed by atoms with E-state index in [0.717, 1.165) is 12.5 Å². The van der Waals surface area contributed by atoms with Crippen LogP contribution in [-0.2, 0) is 0 Å². The van der Waals surface area contributed by atoms with Crippen LogP contribution in [0.3, 0.4) is 0 Å². The van der Waals surface area contributed by atoms with E-state index in [0.29, 0.717) is 11.0 Å². The number of hydrogen-bond acceptors (Lipinski definition) is 3. The van der Waals surface area contributed by atoms with Crippen molar-refractivity contribution in [3.63, 3.8) is 0 Å². The molecule has 2 unspecified atom stereocenters. The maximum absolute atomic E-state index is 13.6. The third-order valence-electron chi connectivity index (χ3n) is 2.76. The largest absolute Gasteiger partial charge is 0.271 e. The molecule has 1 aromatic carbocycles. The molecule has 0 aliphatic carbocycles. The standard InChI is InChI=1S/C12H17F3N2S/c1-3-7(2)18-6-10(17-16)8-4-5-9(13)12(15)11(8)14/h4-5,7,10,17H,3,6,16H2,1-2H3. The normalized spacial score (nSPS) is 14.6. The van der Waals surface area contributed by atoms with E-state index in [1.807, 2.05) is 13.8 Å². The molecular weight excluding hydrogens is 261 g/mol. The number of benzene rings is 1. The lowest BCUT2D eigenvalue weighted by Crippen LogP contribution is -2.31. The van der Waals surface area contributed by atoms with Gasteiger partial charge in [-0.05, 0) is 12.5 Å². The summed E-state index contributed by atoms with van der Waals surface area (Å²) in [6.07, 6.45) is 0.974. The van der Waals surface area contributed by atoms with Gasteiger partial charge in [0.05, 0.1) is 6.04 Å². The molecule has 0 radical (unpaired) electrons. The second kappa shape index (κ2) is 7.01. The van der Waals surface area contributed by atoms with Gasteiger partial charge < -0.3 is 0 Å². The van der Waals surface area contributed by atoms with E-state index in [9.17, 15) is 13.2 Å². The summed E-state index contributed by atoms with van der Waals surface area (Å²) in [5.41, 5.74) is 2.48. The molecule has 1 aromatic rings. The van der Waals surface area contributed by atoms with Crippen molar-refractivity contribution >= 4 is 11.8 Å². The lowest BCUT2D eigenvalue weighted by molar-refractivity contribution is 0.431. The van der Waals surface area contributed by atoms with Crippen molar-refractivity contribution in [2.75, 3.05) is 5.75 Å². The lowest BCUT2D eigenvalue weighted by Gasteiger charge is -2.19. The fraction of sp³-hybridized carbons (Fsp3) is 0.500. The molecule has 0 fully saturated rings. The predicted molar refractivity (Wildman–Crippen MR) is 68.6 cm³/mol. The Balaban J connectivity index is 2.85. The van der Waals surface area contributed by atoms with Gasteiger partial charge in [0.25, 0.3) is 0 Å². The molecule has 0 aliphatic heterocycles. The van der Waals surface area contributed by atoms with Gasteiger partial charge in [-0.1, -0.05) is 19.9 Å². The van der Waals surface area contributed by atoms with Gasteiger partial charge in [0.1, 0.15) is 0 Å². The molecule has 0 amide bonds. The van der Waals surface area contributed by atoms with E-state index in [1.54, 1.807) is 11.8 Å². The van der Waals surface area contributed by atoms with E-state index in [2.05, 4.69) is 5.43 Å². The van der Waals surface area contributed by atoms with Crippen molar-refractivity contribution in [1.82, 2.24) is 5.43 Å². The first-order valence-electron chi connectivity index (χ1n) is 5.72. The number of nitrogens with two attached hydrogens (primary N) is 1. The SMILES string of the molecule is CCC(C)SCC(NN)c1ccc(F)c(F)c1F. The van der Waals surface area contributed by atoms with Crippen LogP contribution in [0.4, 0.5) is 13.2 Å². The van der Waals surface area contributed by atoms with E-state index in [1.165, 1.54) is 6.07 Å². The number of hydrogen-bond donors (Lipinski definition) is 2. The minimum absolute atomic E-state index is 0.0483. The first-order chi connectivity index (χ1) is 8.51. The molecule has 0 heterocycles. The van der Waals surface area contributed by atoms with Gasteiger partial charge in [-0.2, -0.15) is 11.8 Å². The predicted octanol–water partition coefficient (Wildman–Crippen LogP) is 3.14. The summed E-state index contributed by atoms with van der Waals surface area (Å²) < 4.78 is 39.5. The molecule has 0 saturated carbocycles. The first-order valence-corrected chi connectivity index (χ1v) is 6.77. The number of nitrogens with one attached hydrogen (secondary N) is 1. The zero-order valence-electron chi connectivity index (χ0n) is 10.3. The second-order valence-electron chi connectivity index (χ2n) is 4.04. The monoisotopic (exact) mass is 278 g/mol. The number of hydrazine groups is 1. The molecule has 0 spiro atoms. The van der Waals surface area contributed by atoms with Crippen LogP contribution in [0, 0.1) is 17.5 Å². The average molecular weight is 278 g/mol. The van der Waals surface area contributed by atoms with Crippen LogP contribution in [0.1, 0.15) is 31.9 Å². The van der Waals surface area contributed by atoms with E-state index in [4.69, 9.17) is 5.84 Å². The van der Waals surface area contributed by atoms with Gasteiger partial charge in [0.15, 0.2) is 17.5 Å². The fourth-order valence-corrected chi connectivity index (χ4v) is 2.45. The van der Waals surface area contributed by atoms with Crippen LogP contribution < -0.4 is 11.3 Å². The summed E-state index contributed by atoms with van der Waals surface area (Å²) in [7, 11) is 0. The molecule has 3 N–H and O–H groups in total. The van der Waals surface area contributed by atoms with Gasteiger partial charge in [-0.25, -0.2) is 13.2 Å². The maximum atomic E-state index is 13.6. The maximum Gasteiger partial charge on any atom is 0.194 e. The number of halogens is 3. The third kappa shape index (κ3) is 3.63. The molecule has 0 aromatic heterocycles. The van der Waals surface area contributed by atoms with Crippen LogP contribution in [0.15, 0.2) is 12.1 Å². The number of thioether (sulfide) groups is 1. The molecule has 2 atom stereocenters. The Kier molecular flexibility index (Phi) is 5.98. The average Bonchev–Trinajstić information content (AvgIpc) is 2.38. The second-order valence-corrected chi connectivity index (χ2v) is 5.51. The summed E-state index contributed by atoms with van der Waals surface area (Å²) in [6, 6.07) is 1.58. The van der Waals surface area contributed by atoms with Crippen molar-refractivity contribution in [2.24, 2.45) is 5.84 Å². The van der Waals surface area contributed by atoms with Crippen molar-refractivity contribution < 1.29 is 13.2 Å². The highest BCUT2D eigenvalue weighted by atomic mass is 32.2. The molecule has 2 nitrogen and oxygen atoms in total. The van der Waals surface area contributed by atoms with Gasteiger partial charge in [-0.3, -0.25) is 11.3 Å².